The van der Waals surface area contributed by atoms with Gasteiger partial charge in [0.1, 0.15) is 5.82 Å². The average molecular weight is 273 g/mol. The highest BCUT2D eigenvalue weighted by Crippen LogP contribution is 2.32. The van der Waals surface area contributed by atoms with Crippen LogP contribution in [0.5, 0.6) is 0 Å². The first-order valence-electron chi connectivity index (χ1n) is 6.94. The fraction of sp³-hybridized carbons (Fsp3) is 0.429. The van der Waals surface area contributed by atoms with Crippen molar-refractivity contribution in [1.29, 1.82) is 0 Å². The normalized spacial score (nSPS) is 15.1. The van der Waals surface area contributed by atoms with Crippen LogP contribution in [0, 0.1) is 0 Å². The summed E-state index contributed by atoms with van der Waals surface area (Å²) in [7, 11) is 0. The lowest BCUT2D eigenvalue weighted by atomic mass is 9.91. The standard InChI is InChI=1S/C14H19N5O/c15-18-14-16-12-7-2-1-6-11(12)13(17-14)19(8-9-20)10-4-3-5-10/h1-2,6-7,10,20H,3-5,8-9,15H2,(H,16,17,18). The smallest absolute Gasteiger partial charge is 0.239 e. The van der Waals surface area contributed by atoms with Crippen LogP contribution >= 0.6 is 0 Å². The Morgan fingerprint density at radius 1 is 1.30 bits per heavy atom. The van der Waals surface area contributed by atoms with Crippen molar-refractivity contribution in [2.45, 2.75) is 25.3 Å². The van der Waals surface area contributed by atoms with Gasteiger partial charge < -0.3 is 10.0 Å². The molecule has 0 saturated heterocycles. The van der Waals surface area contributed by atoms with Gasteiger partial charge in [0.15, 0.2) is 0 Å². The SMILES string of the molecule is NNc1nc(N(CCO)C2CCC2)c2ccccc2n1. The molecule has 1 heterocycles. The van der Waals surface area contributed by atoms with Gasteiger partial charge in [-0.05, 0) is 31.4 Å². The molecule has 0 unspecified atom stereocenters. The molecule has 0 radical (unpaired) electrons. The van der Waals surface area contributed by atoms with Gasteiger partial charge in [-0.3, -0.25) is 5.43 Å². The second kappa shape index (κ2) is 5.60. The molecular weight excluding hydrogens is 254 g/mol. The number of fused-ring (bicyclic) bond motifs is 1. The van der Waals surface area contributed by atoms with E-state index in [2.05, 4.69) is 20.3 Å². The van der Waals surface area contributed by atoms with Crippen molar-refractivity contribution in [3.05, 3.63) is 24.3 Å². The van der Waals surface area contributed by atoms with Crippen LogP contribution in [0.1, 0.15) is 19.3 Å². The lowest BCUT2D eigenvalue weighted by molar-refractivity contribution is 0.283. The van der Waals surface area contributed by atoms with E-state index in [-0.39, 0.29) is 6.61 Å². The molecule has 0 aliphatic heterocycles. The number of aliphatic hydroxyl groups excluding tert-OH is 1. The minimum Gasteiger partial charge on any atom is -0.395 e. The molecule has 6 heteroatoms. The van der Waals surface area contributed by atoms with Crippen LogP contribution in [0.15, 0.2) is 24.3 Å². The lowest BCUT2D eigenvalue weighted by Crippen LogP contribution is -2.42. The summed E-state index contributed by atoms with van der Waals surface area (Å²) in [5, 5.41) is 10.3. The van der Waals surface area contributed by atoms with Crippen LogP contribution in [0.25, 0.3) is 10.9 Å². The molecular formula is C14H19N5O. The Bertz CT molecular complexity index is 599. The first kappa shape index (κ1) is 13.1. The van der Waals surface area contributed by atoms with E-state index in [0.29, 0.717) is 18.5 Å². The van der Waals surface area contributed by atoms with Crippen molar-refractivity contribution in [2.75, 3.05) is 23.5 Å². The number of nitrogen functional groups attached to an aromatic ring is 1. The summed E-state index contributed by atoms with van der Waals surface area (Å²) in [6, 6.07) is 8.32. The van der Waals surface area contributed by atoms with Crippen LogP contribution in [-0.4, -0.2) is 34.3 Å². The van der Waals surface area contributed by atoms with E-state index in [4.69, 9.17) is 5.84 Å². The summed E-state index contributed by atoms with van der Waals surface area (Å²) in [5.74, 6) is 6.72. The molecule has 1 saturated carbocycles. The monoisotopic (exact) mass is 273 g/mol. The van der Waals surface area contributed by atoms with E-state index in [0.717, 1.165) is 29.6 Å². The zero-order chi connectivity index (χ0) is 13.9. The lowest BCUT2D eigenvalue weighted by Gasteiger charge is -2.38. The number of hydrogen-bond donors (Lipinski definition) is 3. The molecule has 6 nitrogen and oxygen atoms in total. The van der Waals surface area contributed by atoms with E-state index in [1.165, 1.54) is 6.42 Å². The van der Waals surface area contributed by atoms with Gasteiger partial charge in [0.05, 0.1) is 12.1 Å². The Morgan fingerprint density at radius 2 is 2.10 bits per heavy atom. The van der Waals surface area contributed by atoms with Crippen LogP contribution in [0.3, 0.4) is 0 Å². The highest BCUT2D eigenvalue weighted by molar-refractivity contribution is 5.90. The largest absolute Gasteiger partial charge is 0.395 e. The van der Waals surface area contributed by atoms with Gasteiger partial charge in [0.25, 0.3) is 0 Å². The fourth-order valence-electron chi connectivity index (χ4n) is 2.61. The Labute approximate surface area is 117 Å². The maximum atomic E-state index is 9.34. The van der Waals surface area contributed by atoms with Crippen LogP contribution in [0.2, 0.25) is 0 Å². The van der Waals surface area contributed by atoms with Gasteiger partial charge in [-0.15, -0.1) is 0 Å². The Balaban J connectivity index is 2.11. The van der Waals surface area contributed by atoms with Crippen molar-refractivity contribution >= 4 is 22.7 Å². The number of para-hydroxylation sites is 1. The number of nitrogens with two attached hydrogens (primary N) is 1. The summed E-state index contributed by atoms with van der Waals surface area (Å²) >= 11 is 0. The van der Waals surface area contributed by atoms with Crippen molar-refractivity contribution < 1.29 is 5.11 Å². The second-order valence-corrected chi connectivity index (χ2v) is 5.03. The van der Waals surface area contributed by atoms with Gasteiger partial charge in [-0.1, -0.05) is 12.1 Å². The molecule has 2 aromatic rings. The van der Waals surface area contributed by atoms with Gasteiger partial charge in [0.2, 0.25) is 5.95 Å². The average Bonchev–Trinajstić information content (AvgIpc) is 2.43. The third kappa shape index (κ3) is 2.28. The number of hydrogen-bond acceptors (Lipinski definition) is 6. The fourth-order valence-corrected chi connectivity index (χ4v) is 2.61. The van der Waals surface area contributed by atoms with E-state index in [1.54, 1.807) is 0 Å². The molecule has 1 aromatic heterocycles. The third-order valence-electron chi connectivity index (χ3n) is 3.84. The highest BCUT2D eigenvalue weighted by atomic mass is 16.3. The summed E-state index contributed by atoms with van der Waals surface area (Å²) in [6.07, 6.45) is 3.52. The van der Waals surface area contributed by atoms with Crippen molar-refractivity contribution in [3.63, 3.8) is 0 Å². The first-order valence-corrected chi connectivity index (χ1v) is 6.94. The Hall–Kier alpha value is -1.92. The molecule has 0 amide bonds. The van der Waals surface area contributed by atoms with E-state index in [9.17, 15) is 5.11 Å². The molecule has 1 aliphatic carbocycles. The first-order chi connectivity index (χ1) is 9.83. The highest BCUT2D eigenvalue weighted by Gasteiger charge is 2.27. The van der Waals surface area contributed by atoms with Crippen LogP contribution in [-0.2, 0) is 0 Å². The number of benzene rings is 1. The topological polar surface area (TPSA) is 87.3 Å². The zero-order valence-corrected chi connectivity index (χ0v) is 11.3. The molecule has 4 N–H and O–H groups in total. The summed E-state index contributed by atoms with van der Waals surface area (Å²) in [4.78, 5) is 11.0. The quantitative estimate of drug-likeness (QED) is 0.561. The number of anilines is 2. The van der Waals surface area contributed by atoms with E-state index < -0.39 is 0 Å². The number of hydrazine groups is 1. The van der Waals surface area contributed by atoms with Gasteiger partial charge >= 0.3 is 0 Å². The number of nitrogens with one attached hydrogen (secondary N) is 1. The second-order valence-electron chi connectivity index (χ2n) is 5.03. The minimum absolute atomic E-state index is 0.111. The maximum Gasteiger partial charge on any atom is 0.239 e. The summed E-state index contributed by atoms with van der Waals surface area (Å²) in [6.45, 7) is 0.690. The van der Waals surface area contributed by atoms with Crippen molar-refractivity contribution in [3.8, 4) is 0 Å². The number of rotatable bonds is 5. The molecule has 1 aromatic carbocycles. The predicted molar refractivity (Wildman–Crippen MR) is 79.4 cm³/mol. The van der Waals surface area contributed by atoms with E-state index in [1.807, 2.05) is 24.3 Å². The molecule has 3 rings (SSSR count). The minimum atomic E-state index is 0.111. The Kier molecular flexibility index (Phi) is 3.66. The molecule has 1 aliphatic rings. The van der Waals surface area contributed by atoms with Gasteiger partial charge in [0, 0.05) is 18.0 Å². The number of nitrogens with zero attached hydrogens (tertiary/aromatic N) is 3. The molecule has 0 atom stereocenters. The molecule has 0 spiro atoms. The molecule has 106 valence electrons. The predicted octanol–water partition coefficient (Wildman–Crippen LogP) is 1.27. The zero-order valence-electron chi connectivity index (χ0n) is 11.3. The maximum absolute atomic E-state index is 9.34. The summed E-state index contributed by atoms with van der Waals surface area (Å²) < 4.78 is 0. The van der Waals surface area contributed by atoms with Crippen molar-refractivity contribution in [2.24, 2.45) is 5.84 Å². The molecule has 20 heavy (non-hydrogen) atoms. The molecule has 1 fully saturated rings. The van der Waals surface area contributed by atoms with Gasteiger partial charge in [-0.25, -0.2) is 10.8 Å². The number of aliphatic hydroxyl groups is 1. The van der Waals surface area contributed by atoms with E-state index >= 15 is 0 Å². The van der Waals surface area contributed by atoms with Gasteiger partial charge in [-0.2, -0.15) is 4.98 Å². The molecule has 0 bridgehead atoms. The summed E-state index contributed by atoms with van der Waals surface area (Å²) in [5.41, 5.74) is 3.37. The third-order valence-corrected chi connectivity index (χ3v) is 3.84. The number of aromatic nitrogens is 2. The van der Waals surface area contributed by atoms with Crippen LogP contribution in [0.4, 0.5) is 11.8 Å². The van der Waals surface area contributed by atoms with Crippen LogP contribution < -0.4 is 16.2 Å². The Morgan fingerprint density at radius 3 is 2.75 bits per heavy atom. The van der Waals surface area contributed by atoms with Crippen molar-refractivity contribution in [1.82, 2.24) is 9.97 Å².